The summed E-state index contributed by atoms with van der Waals surface area (Å²) in [6.07, 6.45) is 0.855. The first-order chi connectivity index (χ1) is 9.02. The number of phenolic OH excluding ortho intramolecular Hbond substituents is 1. The van der Waals surface area contributed by atoms with E-state index in [0.717, 1.165) is 28.8 Å². The first-order valence-corrected chi connectivity index (χ1v) is 6.22. The monoisotopic (exact) mass is 253 g/mol. The Morgan fingerprint density at radius 3 is 2.37 bits per heavy atom. The molecule has 1 aliphatic heterocycles. The molecule has 0 saturated carbocycles. The van der Waals surface area contributed by atoms with Crippen LogP contribution in [0.1, 0.15) is 35.3 Å². The molecular formula is C16H15NO2. The number of anilines is 2. The Labute approximate surface area is 111 Å². The minimum absolute atomic E-state index is 0.253. The van der Waals surface area contributed by atoms with E-state index in [1.165, 1.54) is 0 Å². The van der Waals surface area contributed by atoms with Crippen molar-refractivity contribution in [2.24, 2.45) is 0 Å². The van der Waals surface area contributed by atoms with Crippen molar-refractivity contribution in [2.75, 3.05) is 5.32 Å². The predicted molar refractivity (Wildman–Crippen MR) is 75.3 cm³/mol. The van der Waals surface area contributed by atoms with Gasteiger partial charge in [0, 0.05) is 22.4 Å². The van der Waals surface area contributed by atoms with E-state index in [4.69, 9.17) is 0 Å². The van der Waals surface area contributed by atoms with Gasteiger partial charge >= 0.3 is 0 Å². The first kappa shape index (κ1) is 11.8. The van der Waals surface area contributed by atoms with E-state index in [-0.39, 0.29) is 11.2 Å². The summed E-state index contributed by atoms with van der Waals surface area (Å²) in [5, 5.41) is 13.0. The predicted octanol–water partition coefficient (Wildman–Crippen LogP) is 3.59. The number of carbonyl (C=O) groups excluding carboxylic acids is 1. The van der Waals surface area contributed by atoms with Crippen LogP contribution in [-0.4, -0.2) is 11.4 Å². The van der Waals surface area contributed by atoms with Crippen molar-refractivity contribution in [3.05, 3.63) is 53.1 Å². The number of hydrogen-bond acceptors (Lipinski definition) is 3. The van der Waals surface area contributed by atoms with Crippen molar-refractivity contribution in [1.82, 2.24) is 0 Å². The second-order valence-corrected chi connectivity index (χ2v) is 5.40. The van der Waals surface area contributed by atoms with Crippen LogP contribution in [0.25, 0.3) is 0 Å². The fraction of sp³-hybridized carbons (Fsp3) is 0.188. The van der Waals surface area contributed by atoms with Gasteiger partial charge in [-0.05, 0) is 47.5 Å². The topological polar surface area (TPSA) is 49.3 Å². The number of aldehydes is 1. The Kier molecular flexibility index (Phi) is 2.39. The molecule has 3 nitrogen and oxygen atoms in total. The number of aromatic hydroxyl groups is 1. The van der Waals surface area contributed by atoms with Gasteiger partial charge < -0.3 is 10.4 Å². The van der Waals surface area contributed by atoms with E-state index in [0.29, 0.717) is 5.56 Å². The molecule has 1 aliphatic rings. The Hall–Kier alpha value is -2.29. The third kappa shape index (κ3) is 1.70. The summed E-state index contributed by atoms with van der Waals surface area (Å²) in [5.41, 5.74) is 4.51. The molecule has 19 heavy (non-hydrogen) atoms. The standard InChI is InChI=1S/C16H15NO2/c1-16(2)12-7-10(9-18)3-5-14(12)17-15-6-4-11(19)8-13(15)16/h3-9,17,19H,1-2H3. The molecule has 0 radical (unpaired) electrons. The van der Waals surface area contributed by atoms with Crippen molar-refractivity contribution in [3.8, 4) is 5.75 Å². The third-order valence-corrected chi connectivity index (χ3v) is 3.80. The van der Waals surface area contributed by atoms with Crippen LogP contribution in [0.2, 0.25) is 0 Å². The molecule has 0 unspecified atom stereocenters. The summed E-state index contributed by atoms with van der Waals surface area (Å²) >= 11 is 0. The van der Waals surface area contributed by atoms with E-state index in [1.54, 1.807) is 18.2 Å². The van der Waals surface area contributed by atoms with Crippen LogP contribution in [0.4, 0.5) is 11.4 Å². The van der Waals surface area contributed by atoms with Crippen molar-refractivity contribution in [2.45, 2.75) is 19.3 Å². The van der Waals surface area contributed by atoms with E-state index < -0.39 is 0 Å². The van der Waals surface area contributed by atoms with Gasteiger partial charge in [0.05, 0.1) is 0 Å². The highest BCUT2D eigenvalue weighted by atomic mass is 16.3. The minimum Gasteiger partial charge on any atom is -0.508 e. The van der Waals surface area contributed by atoms with E-state index >= 15 is 0 Å². The lowest BCUT2D eigenvalue weighted by atomic mass is 9.74. The van der Waals surface area contributed by atoms with Crippen LogP contribution >= 0.6 is 0 Å². The van der Waals surface area contributed by atoms with Gasteiger partial charge in [-0.2, -0.15) is 0 Å². The van der Waals surface area contributed by atoms with Gasteiger partial charge in [-0.3, -0.25) is 4.79 Å². The molecule has 0 spiro atoms. The maximum Gasteiger partial charge on any atom is 0.150 e. The average Bonchev–Trinajstić information content (AvgIpc) is 2.40. The highest BCUT2D eigenvalue weighted by Gasteiger charge is 2.32. The largest absolute Gasteiger partial charge is 0.508 e. The van der Waals surface area contributed by atoms with Gasteiger partial charge in [0.25, 0.3) is 0 Å². The fourth-order valence-corrected chi connectivity index (χ4v) is 2.71. The molecule has 2 N–H and O–H groups in total. The zero-order chi connectivity index (χ0) is 13.6. The molecule has 0 atom stereocenters. The van der Waals surface area contributed by atoms with Crippen molar-refractivity contribution >= 4 is 17.7 Å². The highest BCUT2D eigenvalue weighted by molar-refractivity contribution is 5.82. The maximum atomic E-state index is 10.9. The van der Waals surface area contributed by atoms with Gasteiger partial charge in [0.1, 0.15) is 12.0 Å². The third-order valence-electron chi connectivity index (χ3n) is 3.80. The van der Waals surface area contributed by atoms with Gasteiger partial charge in [0.2, 0.25) is 0 Å². The average molecular weight is 253 g/mol. The molecule has 96 valence electrons. The number of hydrogen-bond donors (Lipinski definition) is 2. The normalized spacial score (nSPS) is 15.1. The Balaban J connectivity index is 2.25. The number of benzene rings is 2. The molecule has 0 saturated heterocycles. The second-order valence-electron chi connectivity index (χ2n) is 5.40. The first-order valence-electron chi connectivity index (χ1n) is 6.22. The fourth-order valence-electron chi connectivity index (χ4n) is 2.71. The smallest absolute Gasteiger partial charge is 0.150 e. The summed E-state index contributed by atoms with van der Waals surface area (Å²) < 4.78 is 0. The Bertz CT molecular complexity index is 674. The quantitative estimate of drug-likeness (QED) is 0.603. The molecule has 3 heteroatoms. The maximum absolute atomic E-state index is 10.9. The van der Waals surface area contributed by atoms with Crippen LogP contribution in [-0.2, 0) is 5.41 Å². The molecule has 0 aliphatic carbocycles. The lowest BCUT2D eigenvalue weighted by Crippen LogP contribution is -2.26. The zero-order valence-electron chi connectivity index (χ0n) is 10.9. The van der Waals surface area contributed by atoms with Gasteiger partial charge in [-0.25, -0.2) is 0 Å². The lowest BCUT2D eigenvalue weighted by Gasteiger charge is -2.35. The zero-order valence-corrected chi connectivity index (χ0v) is 10.9. The lowest BCUT2D eigenvalue weighted by molar-refractivity contribution is 0.112. The minimum atomic E-state index is -0.256. The van der Waals surface area contributed by atoms with Crippen LogP contribution in [0.5, 0.6) is 5.75 Å². The van der Waals surface area contributed by atoms with Crippen LogP contribution in [0, 0.1) is 0 Å². The summed E-state index contributed by atoms with van der Waals surface area (Å²) in [6, 6.07) is 11.0. The number of fused-ring (bicyclic) bond motifs is 2. The summed E-state index contributed by atoms with van der Waals surface area (Å²) in [4.78, 5) is 10.9. The molecule has 0 bridgehead atoms. The highest BCUT2D eigenvalue weighted by Crippen LogP contribution is 2.46. The molecule has 1 heterocycles. The number of carbonyl (C=O) groups is 1. The van der Waals surface area contributed by atoms with E-state index in [9.17, 15) is 9.90 Å². The van der Waals surface area contributed by atoms with Gasteiger partial charge in [0.15, 0.2) is 0 Å². The molecular weight excluding hydrogens is 238 g/mol. The van der Waals surface area contributed by atoms with Crippen LogP contribution in [0.3, 0.4) is 0 Å². The van der Waals surface area contributed by atoms with E-state index in [1.807, 2.05) is 18.2 Å². The Morgan fingerprint density at radius 2 is 1.68 bits per heavy atom. The molecule has 0 aromatic heterocycles. The van der Waals surface area contributed by atoms with Gasteiger partial charge in [-0.15, -0.1) is 0 Å². The van der Waals surface area contributed by atoms with Gasteiger partial charge in [-0.1, -0.05) is 13.8 Å². The summed E-state index contributed by atoms with van der Waals surface area (Å²) in [6.45, 7) is 4.19. The Morgan fingerprint density at radius 1 is 1.05 bits per heavy atom. The molecule has 0 fully saturated rings. The molecule has 2 aromatic rings. The van der Waals surface area contributed by atoms with Crippen molar-refractivity contribution in [1.29, 1.82) is 0 Å². The number of nitrogens with one attached hydrogen (secondary N) is 1. The van der Waals surface area contributed by atoms with Crippen LogP contribution < -0.4 is 5.32 Å². The summed E-state index contributed by atoms with van der Waals surface area (Å²) in [7, 11) is 0. The SMILES string of the molecule is CC1(C)c2cc(O)ccc2Nc2ccc(C=O)cc21. The van der Waals surface area contributed by atoms with Crippen molar-refractivity contribution in [3.63, 3.8) is 0 Å². The molecule has 2 aromatic carbocycles. The van der Waals surface area contributed by atoms with Crippen LogP contribution in [0.15, 0.2) is 36.4 Å². The molecule has 0 amide bonds. The number of rotatable bonds is 1. The van der Waals surface area contributed by atoms with Crippen molar-refractivity contribution < 1.29 is 9.90 Å². The number of phenols is 1. The van der Waals surface area contributed by atoms with E-state index in [2.05, 4.69) is 19.2 Å². The summed E-state index contributed by atoms with van der Waals surface area (Å²) in [5.74, 6) is 0.253. The molecule has 3 rings (SSSR count). The second kappa shape index (κ2) is 3.85.